The van der Waals surface area contributed by atoms with Crippen molar-refractivity contribution in [3.63, 3.8) is 0 Å². The van der Waals surface area contributed by atoms with Crippen LogP contribution >= 0.6 is 0 Å². The molecule has 1 heterocycles. The van der Waals surface area contributed by atoms with Crippen molar-refractivity contribution in [2.75, 3.05) is 0 Å². The zero-order chi connectivity index (χ0) is 17.6. The van der Waals surface area contributed by atoms with E-state index in [2.05, 4.69) is 5.10 Å². The van der Waals surface area contributed by atoms with Crippen LogP contribution in [0.1, 0.15) is 0 Å². The number of hydrogen-bond donors (Lipinski definition) is 2. The van der Waals surface area contributed by atoms with Crippen LogP contribution in [0.25, 0.3) is 27.7 Å². The number of nitrogens with zero attached hydrogens (tertiary/aromatic N) is 2. The maximum Gasteiger partial charge on any atom is 0.201 e. The second-order valence-corrected chi connectivity index (χ2v) is 5.61. The molecule has 0 aliphatic rings. The molecule has 0 fully saturated rings. The molecular weight excluding hydrogens is 326 g/mol. The quantitative estimate of drug-likeness (QED) is 0.570. The van der Waals surface area contributed by atoms with Gasteiger partial charge >= 0.3 is 0 Å². The third-order valence-corrected chi connectivity index (χ3v) is 4.03. The van der Waals surface area contributed by atoms with E-state index in [1.165, 1.54) is 10.9 Å². The van der Waals surface area contributed by atoms with E-state index in [4.69, 9.17) is 0 Å². The number of halogens is 2. The molecule has 0 saturated carbocycles. The van der Waals surface area contributed by atoms with E-state index >= 15 is 0 Å². The van der Waals surface area contributed by atoms with Gasteiger partial charge in [-0.1, -0.05) is 24.3 Å². The standard InChI is InChI=1S/C19H12F2N2O2/c20-18-15-10-22-23(16(15)9-17(25)19(18)21)13-6-4-11(5-7-13)12-2-1-3-14(24)8-12/h1-10,24-25H. The highest BCUT2D eigenvalue weighted by Gasteiger charge is 2.17. The Morgan fingerprint density at radius 1 is 0.840 bits per heavy atom. The van der Waals surface area contributed by atoms with E-state index in [1.807, 2.05) is 18.2 Å². The molecule has 0 aliphatic carbocycles. The molecule has 25 heavy (non-hydrogen) atoms. The molecule has 1 aromatic heterocycles. The monoisotopic (exact) mass is 338 g/mol. The molecule has 3 aromatic carbocycles. The molecule has 124 valence electrons. The SMILES string of the molecule is Oc1cccc(-c2ccc(-n3ncc4c(F)c(F)c(O)cc43)cc2)c1. The Kier molecular flexibility index (Phi) is 3.39. The first kappa shape index (κ1) is 15.1. The van der Waals surface area contributed by atoms with E-state index in [1.54, 1.807) is 30.3 Å². The number of aromatic hydroxyl groups is 2. The lowest BCUT2D eigenvalue weighted by Gasteiger charge is -2.07. The molecule has 4 aromatic rings. The second-order valence-electron chi connectivity index (χ2n) is 5.61. The summed E-state index contributed by atoms with van der Waals surface area (Å²) in [4.78, 5) is 0. The molecule has 0 radical (unpaired) electrons. The van der Waals surface area contributed by atoms with E-state index in [0.29, 0.717) is 5.69 Å². The topological polar surface area (TPSA) is 58.3 Å². The Morgan fingerprint density at radius 2 is 1.60 bits per heavy atom. The van der Waals surface area contributed by atoms with Crippen molar-refractivity contribution >= 4 is 10.9 Å². The normalized spacial score (nSPS) is 11.1. The highest BCUT2D eigenvalue weighted by Crippen LogP contribution is 2.30. The van der Waals surface area contributed by atoms with Crippen molar-refractivity contribution in [3.05, 3.63) is 72.4 Å². The summed E-state index contributed by atoms with van der Waals surface area (Å²) in [5.74, 6) is -3.00. The minimum absolute atomic E-state index is 0.00708. The summed E-state index contributed by atoms with van der Waals surface area (Å²) in [5, 5.41) is 23.2. The number of benzene rings is 3. The third-order valence-electron chi connectivity index (χ3n) is 4.03. The van der Waals surface area contributed by atoms with Crippen LogP contribution < -0.4 is 0 Å². The van der Waals surface area contributed by atoms with Gasteiger partial charge < -0.3 is 10.2 Å². The van der Waals surface area contributed by atoms with Crippen LogP contribution in [-0.4, -0.2) is 20.0 Å². The second kappa shape index (κ2) is 5.59. The minimum atomic E-state index is -1.29. The third kappa shape index (κ3) is 2.48. The molecule has 0 amide bonds. The van der Waals surface area contributed by atoms with Crippen molar-refractivity contribution < 1.29 is 19.0 Å². The van der Waals surface area contributed by atoms with E-state index < -0.39 is 17.4 Å². The fourth-order valence-electron chi connectivity index (χ4n) is 2.78. The van der Waals surface area contributed by atoms with Crippen molar-refractivity contribution in [3.8, 4) is 28.3 Å². The summed E-state index contributed by atoms with van der Waals surface area (Å²) in [5.41, 5.74) is 2.63. The molecule has 2 N–H and O–H groups in total. The van der Waals surface area contributed by atoms with Gasteiger partial charge in [-0.25, -0.2) is 9.07 Å². The van der Waals surface area contributed by atoms with Crippen LogP contribution in [0.4, 0.5) is 8.78 Å². The first-order valence-corrected chi connectivity index (χ1v) is 7.49. The smallest absolute Gasteiger partial charge is 0.201 e. The Labute approximate surface area is 141 Å². The number of phenolic OH excluding ortho intramolecular Hbond substituents is 2. The summed E-state index contributed by atoms with van der Waals surface area (Å²) >= 11 is 0. The largest absolute Gasteiger partial charge is 0.508 e. The Bertz CT molecular complexity index is 1090. The van der Waals surface area contributed by atoms with Gasteiger partial charge in [-0.3, -0.25) is 0 Å². The van der Waals surface area contributed by atoms with E-state index in [9.17, 15) is 19.0 Å². The first-order valence-electron chi connectivity index (χ1n) is 7.49. The summed E-state index contributed by atoms with van der Waals surface area (Å²) in [6.07, 6.45) is 1.22. The fourth-order valence-corrected chi connectivity index (χ4v) is 2.78. The van der Waals surface area contributed by atoms with Gasteiger partial charge in [0.1, 0.15) is 5.75 Å². The minimum Gasteiger partial charge on any atom is -0.508 e. The molecule has 0 spiro atoms. The summed E-state index contributed by atoms with van der Waals surface area (Å²) in [6.45, 7) is 0. The molecule has 0 bridgehead atoms. The zero-order valence-corrected chi connectivity index (χ0v) is 12.8. The lowest BCUT2D eigenvalue weighted by molar-refractivity contribution is 0.410. The molecule has 0 atom stereocenters. The maximum absolute atomic E-state index is 13.9. The van der Waals surface area contributed by atoms with Gasteiger partial charge in [-0.05, 0) is 35.4 Å². The summed E-state index contributed by atoms with van der Waals surface area (Å²) in [6, 6.07) is 15.2. The molecule has 0 saturated heterocycles. The number of fused-ring (bicyclic) bond motifs is 1. The lowest BCUT2D eigenvalue weighted by atomic mass is 10.1. The van der Waals surface area contributed by atoms with Crippen LogP contribution in [0.3, 0.4) is 0 Å². The van der Waals surface area contributed by atoms with Gasteiger partial charge in [0, 0.05) is 6.07 Å². The molecule has 6 heteroatoms. The zero-order valence-electron chi connectivity index (χ0n) is 12.8. The van der Waals surface area contributed by atoms with Gasteiger partial charge in [0.15, 0.2) is 11.6 Å². The lowest BCUT2D eigenvalue weighted by Crippen LogP contribution is -1.96. The number of rotatable bonds is 2. The molecule has 4 nitrogen and oxygen atoms in total. The Hall–Kier alpha value is -3.41. The summed E-state index contributed by atoms with van der Waals surface area (Å²) in [7, 11) is 0. The van der Waals surface area contributed by atoms with Crippen LogP contribution in [-0.2, 0) is 0 Å². The van der Waals surface area contributed by atoms with Crippen LogP contribution in [0.15, 0.2) is 60.8 Å². The molecule has 0 aliphatic heterocycles. The van der Waals surface area contributed by atoms with Gasteiger partial charge in [0.05, 0.1) is 22.8 Å². The van der Waals surface area contributed by atoms with Gasteiger partial charge in [-0.15, -0.1) is 0 Å². The Balaban J connectivity index is 1.80. The number of hydrogen-bond acceptors (Lipinski definition) is 3. The number of phenols is 2. The molecular formula is C19H12F2N2O2. The highest BCUT2D eigenvalue weighted by molar-refractivity contribution is 5.82. The fraction of sp³-hybridized carbons (Fsp3) is 0. The van der Waals surface area contributed by atoms with E-state index in [0.717, 1.165) is 17.2 Å². The predicted octanol–water partition coefficient (Wildman–Crippen LogP) is 4.38. The predicted molar refractivity (Wildman–Crippen MR) is 89.8 cm³/mol. The van der Waals surface area contributed by atoms with Gasteiger partial charge in [0.2, 0.25) is 5.82 Å². The van der Waals surface area contributed by atoms with Gasteiger partial charge in [-0.2, -0.15) is 9.49 Å². The highest BCUT2D eigenvalue weighted by atomic mass is 19.2. The maximum atomic E-state index is 13.9. The molecule has 0 unspecified atom stereocenters. The van der Waals surface area contributed by atoms with Crippen molar-refractivity contribution in [2.45, 2.75) is 0 Å². The summed E-state index contributed by atoms with van der Waals surface area (Å²) < 4.78 is 28.8. The van der Waals surface area contributed by atoms with Crippen molar-refractivity contribution in [1.29, 1.82) is 0 Å². The van der Waals surface area contributed by atoms with Crippen molar-refractivity contribution in [1.82, 2.24) is 9.78 Å². The van der Waals surface area contributed by atoms with Crippen molar-refractivity contribution in [2.24, 2.45) is 0 Å². The Morgan fingerprint density at radius 3 is 2.32 bits per heavy atom. The van der Waals surface area contributed by atoms with Gasteiger partial charge in [0.25, 0.3) is 0 Å². The number of aromatic nitrogens is 2. The molecule has 4 rings (SSSR count). The first-order chi connectivity index (χ1) is 12.0. The average molecular weight is 338 g/mol. The van der Waals surface area contributed by atoms with E-state index in [-0.39, 0.29) is 16.7 Å². The van der Waals surface area contributed by atoms with Crippen LogP contribution in [0.5, 0.6) is 11.5 Å². The average Bonchev–Trinajstić information content (AvgIpc) is 3.04. The van der Waals surface area contributed by atoms with Crippen LogP contribution in [0.2, 0.25) is 0 Å². The van der Waals surface area contributed by atoms with Crippen LogP contribution in [0, 0.1) is 11.6 Å².